The van der Waals surface area contributed by atoms with Crippen molar-refractivity contribution in [1.29, 1.82) is 0 Å². The molecule has 0 heterocycles. The third kappa shape index (κ3) is 5.96. The van der Waals surface area contributed by atoms with Crippen LogP contribution in [0.25, 0.3) is 0 Å². The molecule has 70 valence electrons. The lowest BCUT2D eigenvalue weighted by molar-refractivity contribution is -0.148. The van der Waals surface area contributed by atoms with E-state index in [1.165, 1.54) is 0 Å². The van der Waals surface area contributed by atoms with E-state index < -0.39 is 0 Å². The molecular formula is C10H18O2. The Morgan fingerprint density at radius 1 is 1.58 bits per heavy atom. The van der Waals surface area contributed by atoms with Crippen LogP contribution in [0.2, 0.25) is 0 Å². The van der Waals surface area contributed by atoms with Gasteiger partial charge in [0.25, 0.3) is 0 Å². The molecule has 0 saturated carbocycles. The van der Waals surface area contributed by atoms with Gasteiger partial charge in [-0.2, -0.15) is 0 Å². The lowest BCUT2D eigenvalue weighted by Gasteiger charge is -2.10. The van der Waals surface area contributed by atoms with Gasteiger partial charge in [-0.1, -0.05) is 19.1 Å². The number of rotatable bonds is 5. The van der Waals surface area contributed by atoms with Gasteiger partial charge in [-0.05, 0) is 26.7 Å². The van der Waals surface area contributed by atoms with Crippen molar-refractivity contribution in [1.82, 2.24) is 0 Å². The van der Waals surface area contributed by atoms with Crippen LogP contribution in [0.5, 0.6) is 0 Å². The van der Waals surface area contributed by atoms with E-state index in [4.69, 9.17) is 4.74 Å². The van der Waals surface area contributed by atoms with Crippen molar-refractivity contribution in [3.05, 3.63) is 12.2 Å². The van der Waals surface area contributed by atoms with E-state index >= 15 is 0 Å². The molecule has 0 N–H and O–H groups in total. The minimum absolute atomic E-state index is 0.0497. The predicted octanol–water partition coefficient (Wildman–Crippen LogP) is 2.68. The Hall–Kier alpha value is -0.790. The van der Waals surface area contributed by atoms with Crippen LogP contribution in [-0.2, 0) is 9.53 Å². The zero-order valence-electron chi connectivity index (χ0n) is 8.17. The minimum Gasteiger partial charge on any atom is -0.463 e. The van der Waals surface area contributed by atoms with Crippen LogP contribution in [0.3, 0.4) is 0 Å². The standard InChI is InChI=1S/C10H18O2/c1-4-6-7-8-9(3)12-10(11)5-2/h4,6,9H,5,7-8H2,1-3H3/b6-4+. The Bertz CT molecular complexity index is 150. The highest BCUT2D eigenvalue weighted by molar-refractivity contribution is 5.69. The number of esters is 1. The quantitative estimate of drug-likeness (QED) is 0.468. The Kier molecular flexibility index (Phi) is 6.44. The molecule has 0 fully saturated rings. The predicted molar refractivity (Wildman–Crippen MR) is 49.9 cm³/mol. The van der Waals surface area contributed by atoms with Gasteiger partial charge in [0.1, 0.15) is 0 Å². The third-order valence-corrected chi connectivity index (χ3v) is 1.60. The summed E-state index contributed by atoms with van der Waals surface area (Å²) < 4.78 is 5.07. The Morgan fingerprint density at radius 3 is 2.75 bits per heavy atom. The van der Waals surface area contributed by atoms with Gasteiger partial charge in [0.2, 0.25) is 0 Å². The number of ether oxygens (including phenoxy) is 1. The highest BCUT2D eigenvalue weighted by atomic mass is 16.5. The second kappa shape index (κ2) is 6.89. The highest BCUT2D eigenvalue weighted by Gasteiger charge is 2.05. The number of carbonyl (C=O) groups excluding carboxylic acids is 1. The summed E-state index contributed by atoms with van der Waals surface area (Å²) in [6, 6.07) is 0. The van der Waals surface area contributed by atoms with Gasteiger partial charge in [-0.25, -0.2) is 0 Å². The number of allylic oxidation sites excluding steroid dienone is 2. The average Bonchev–Trinajstić information content (AvgIpc) is 2.05. The van der Waals surface area contributed by atoms with E-state index in [0.29, 0.717) is 6.42 Å². The molecule has 1 atom stereocenters. The molecule has 12 heavy (non-hydrogen) atoms. The summed E-state index contributed by atoms with van der Waals surface area (Å²) in [7, 11) is 0. The van der Waals surface area contributed by atoms with Gasteiger partial charge >= 0.3 is 5.97 Å². The summed E-state index contributed by atoms with van der Waals surface area (Å²) in [6.07, 6.45) is 6.50. The molecule has 0 aliphatic carbocycles. The number of carbonyl (C=O) groups is 1. The van der Waals surface area contributed by atoms with E-state index in [1.54, 1.807) is 6.92 Å². The average molecular weight is 170 g/mol. The minimum atomic E-state index is -0.108. The maximum Gasteiger partial charge on any atom is 0.305 e. The van der Waals surface area contributed by atoms with Crippen LogP contribution in [-0.4, -0.2) is 12.1 Å². The topological polar surface area (TPSA) is 26.3 Å². The smallest absolute Gasteiger partial charge is 0.305 e. The first kappa shape index (κ1) is 11.2. The first-order valence-corrected chi connectivity index (χ1v) is 4.51. The van der Waals surface area contributed by atoms with Crippen molar-refractivity contribution in [3.63, 3.8) is 0 Å². The van der Waals surface area contributed by atoms with E-state index in [0.717, 1.165) is 12.8 Å². The summed E-state index contributed by atoms with van der Waals surface area (Å²) in [5.74, 6) is -0.108. The molecule has 0 aliphatic heterocycles. The second-order valence-electron chi connectivity index (χ2n) is 2.80. The van der Waals surface area contributed by atoms with Gasteiger partial charge in [0.15, 0.2) is 0 Å². The van der Waals surface area contributed by atoms with Gasteiger partial charge in [-0.15, -0.1) is 0 Å². The summed E-state index contributed by atoms with van der Waals surface area (Å²) in [4.78, 5) is 10.8. The first-order chi connectivity index (χ1) is 5.70. The molecule has 0 aromatic heterocycles. The monoisotopic (exact) mass is 170 g/mol. The van der Waals surface area contributed by atoms with Crippen LogP contribution in [0.4, 0.5) is 0 Å². The number of hydrogen-bond acceptors (Lipinski definition) is 2. The Morgan fingerprint density at radius 2 is 2.25 bits per heavy atom. The lowest BCUT2D eigenvalue weighted by Crippen LogP contribution is -2.13. The van der Waals surface area contributed by atoms with Crippen LogP contribution in [0.1, 0.15) is 40.0 Å². The molecule has 2 nitrogen and oxygen atoms in total. The first-order valence-electron chi connectivity index (χ1n) is 4.51. The van der Waals surface area contributed by atoms with Crippen molar-refractivity contribution in [2.45, 2.75) is 46.1 Å². The Labute approximate surface area is 74.6 Å². The summed E-state index contributed by atoms with van der Waals surface area (Å²) in [5.41, 5.74) is 0. The molecule has 0 aromatic rings. The molecule has 0 aliphatic rings. The van der Waals surface area contributed by atoms with Crippen LogP contribution < -0.4 is 0 Å². The fourth-order valence-corrected chi connectivity index (χ4v) is 0.864. The van der Waals surface area contributed by atoms with E-state index in [1.807, 2.05) is 19.9 Å². The van der Waals surface area contributed by atoms with E-state index in [-0.39, 0.29) is 12.1 Å². The van der Waals surface area contributed by atoms with Crippen molar-refractivity contribution >= 4 is 5.97 Å². The van der Waals surface area contributed by atoms with Gasteiger partial charge in [0.05, 0.1) is 6.10 Å². The summed E-state index contributed by atoms with van der Waals surface area (Å²) in [5, 5.41) is 0. The molecule has 0 radical (unpaired) electrons. The Balaban J connectivity index is 3.45. The molecule has 1 unspecified atom stereocenters. The van der Waals surface area contributed by atoms with Crippen molar-refractivity contribution < 1.29 is 9.53 Å². The van der Waals surface area contributed by atoms with Crippen LogP contribution >= 0.6 is 0 Å². The normalized spacial score (nSPS) is 13.2. The summed E-state index contributed by atoms with van der Waals surface area (Å²) >= 11 is 0. The second-order valence-corrected chi connectivity index (χ2v) is 2.80. The highest BCUT2D eigenvalue weighted by Crippen LogP contribution is 2.03. The molecule has 0 aromatic carbocycles. The fourth-order valence-electron chi connectivity index (χ4n) is 0.864. The van der Waals surface area contributed by atoms with Crippen LogP contribution in [0, 0.1) is 0 Å². The van der Waals surface area contributed by atoms with E-state index in [9.17, 15) is 4.79 Å². The fraction of sp³-hybridized carbons (Fsp3) is 0.700. The maximum atomic E-state index is 10.8. The third-order valence-electron chi connectivity index (χ3n) is 1.60. The van der Waals surface area contributed by atoms with Crippen molar-refractivity contribution in [2.75, 3.05) is 0 Å². The van der Waals surface area contributed by atoms with Crippen molar-refractivity contribution in [2.24, 2.45) is 0 Å². The zero-order valence-corrected chi connectivity index (χ0v) is 8.17. The van der Waals surface area contributed by atoms with Gasteiger partial charge in [-0.3, -0.25) is 4.79 Å². The lowest BCUT2D eigenvalue weighted by atomic mass is 10.2. The molecule has 0 saturated heterocycles. The van der Waals surface area contributed by atoms with Crippen molar-refractivity contribution in [3.8, 4) is 0 Å². The maximum absolute atomic E-state index is 10.8. The molecule has 0 spiro atoms. The largest absolute Gasteiger partial charge is 0.463 e. The summed E-state index contributed by atoms with van der Waals surface area (Å²) in [6.45, 7) is 5.72. The molecular weight excluding hydrogens is 152 g/mol. The van der Waals surface area contributed by atoms with Gasteiger partial charge < -0.3 is 4.74 Å². The van der Waals surface area contributed by atoms with Crippen LogP contribution in [0.15, 0.2) is 12.2 Å². The molecule has 0 rings (SSSR count). The SMILES string of the molecule is C/C=C/CCC(C)OC(=O)CC. The number of hydrogen-bond donors (Lipinski definition) is 0. The molecule has 0 amide bonds. The van der Waals surface area contributed by atoms with Gasteiger partial charge in [0, 0.05) is 6.42 Å². The molecule has 0 bridgehead atoms. The molecule has 2 heteroatoms. The zero-order chi connectivity index (χ0) is 9.40. The van der Waals surface area contributed by atoms with E-state index in [2.05, 4.69) is 6.08 Å².